The van der Waals surface area contributed by atoms with Crippen molar-refractivity contribution in [2.45, 2.75) is 38.2 Å². The third-order valence-electron chi connectivity index (χ3n) is 3.38. The van der Waals surface area contributed by atoms with E-state index in [1.165, 1.54) is 16.2 Å². The fourth-order valence-corrected chi connectivity index (χ4v) is 4.80. The predicted octanol–water partition coefficient (Wildman–Crippen LogP) is 3.23. The normalized spacial score (nSPS) is 16.3. The van der Waals surface area contributed by atoms with E-state index in [0.717, 1.165) is 35.7 Å². The molecule has 2 aromatic heterocycles. The van der Waals surface area contributed by atoms with Crippen LogP contribution in [0.5, 0.6) is 0 Å². The number of hydrogen-bond acceptors (Lipinski definition) is 4. The molecular weight excluding hydrogens is 276 g/mol. The molecule has 0 saturated carbocycles. The van der Waals surface area contributed by atoms with Gasteiger partial charge in [-0.15, -0.1) is 11.3 Å². The number of aromatic nitrogens is 2. The Bertz CT molecular complexity index is 538. The van der Waals surface area contributed by atoms with Gasteiger partial charge in [0.2, 0.25) is 0 Å². The van der Waals surface area contributed by atoms with Crippen molar-refractivity contribution in [2.75, 3.05) is 5.75 Å². The minimum absolute atomic E-state index is 0.533. The maximum absolute atomic E-state index is 10.6. The molecule has 102 valence electrons. The monoisotopic (exact) mass is 294 g/mol. The first-order valence-electron chi connectivity index (χ1n) is 6.68. The summed E-state index contributed by atoms with van der Waals surface area (Å²) in [7, 11) is 0. The van der Waals surface area contributed by atoms with Crippen molar-refractivity contribution >= 4 is 23.1 Å². The smallest absolute Gasteiger partial charge is 0.130 e. The summed E-state index contributed by atoms with van der Waals surface area (Å²) >= 11 is 3.74. The summed E-state index contributed by atoms with van der Waals surface area (Å²) < 4.78 is 1.91. The molecule has 1 unspecified atom stereocenters. The van der Waals surface area contributed by atoms with Crippen molar-refractivity contribution < 1.29 is 5.11 Å². The lowest BCUT2D eigenvalue weighted by Gasteiger charge is -2.11. The molecule has 0 saturated heterocycles. The van der Waals surface area contributed by atoms with Gasteiger partial charge < -0.3 is 5.11 Å². The third kappa shape index (κ3) is 2.59. The number of aliphatic hydroxyl groups excluding tert-OH is 1. The van der Waals surface area contributed by atoms with E-state index >= 15 is 0 Å². The van der Waals surface area contributed by atoms with Crippen LogP contribution in [0.2, 0.25) is 0 Å². The SMILES string of the molecule is CCCn1nccc1C(O)c1cc2c(s1)CCSC2. The van der Waals surface area contributed by atoms with E-state index in [1.807, 2.05) is 22.5 Å². The standard InChI is InChI=1S/C14H18N2OS2/c1-2-6-16-11(3-5-15-16)14(17)13-8-10-9-18-7-4-12(10)19-13/h3,5,8,14,17H,2,4,6-7,9H2,1H3. The van der Waals surface area contributed by atoms with Gasteiger partial charge in [0, 0.05) is 28.2 Å². The van der Waals surface area contributed by atoms with Crippen LogP contribution >= 0.6 is 23.1 Å². The fraction of sp³-hybridized carbons (Fsp3) is 0.500. The molecule has 1 atom stereocenters. The quantitative estimate of drug-likeness (QED) is 0.941. The summed E-state index contributed by atoms with van der Waals surface area (Å²) in [5, 5.41) is 14.9. The molecule has 0 spiro atoms. The van der Waals surface area contributed by atoms with E-state index in [1.54, 1.807) is 17.5 Å². The Hall–Kier alpha value is -0.780. The van der Waals surface area contributed by atoms with Gasteiger partial charge in [0.1, 0.15) is 6.10 Å². The minimum atomic E-state index is -0.533. The van der Waals surface area contributed by atoms with Crippen molar-refractivity contribution in [3.05, 3.63) is 39.3 Å². The average Bonchev–Trinajstić information content (AvgIpc) is 3.04. The van der Waals surface area contributed by atoms with Crippen molar-refractivity contribution in [1.82, 2.24) is 9.78 Å². The lowest BCUT2D eigenvalue weighted by Crippen LogP contribution is -2.09. The molecule has 5 heteroatoms. The number of fused-ring (bicyclic) bond motifs is 1. The number of thiophene rings is 1. The molecule has 0 bridgehead atoms. The summed E-state index contributed by atoms with van der Waals surface area (Å²) in [4.78, 5) is 2.51. The number of aliphatic hydroxyl groups is 1. The Kier molecular flexibility index (Phi) is 3.96. The molecule has 3 heterocycles. The zero-order valence-corrected chi connectivity index (χ0v) is 12.6. The summed E-state index contributed by atoms with van der Waals surface area (Å²) in [6, 6.07) is 4.11. The molecule has 19 heavy (non-hydrogen) atoms. The molecule has 1 aliphatic rings. The molecule has 3 nitrogen and oxygen atoms in total. The lowest BCUT2D eigenvalue weighted by molar-refractivity contribution is 0.211. The molecule has 1 aliphatic heterocycles. The summed E-state index contributed by atoms with van der Waals surface area (Å²) in [5.41, 5.74) is 2.32. The van der Waals surface area contributed by atoms with Gasteiger partial charge >= 0.3 is 0 Å². The van der Waals surface area contributed by atoms with Gasteiger partial charge in [0.15, 0.2) is 0 Å². The van der Waals surface area contributed by atoms with Crippen LogP contribution in [-0.4, -0.2) is 20.6 Å². The number of hydrogen-bond donors (Lipinski definition) is 1. The first-order chi connectivity index (χ1) is 9.29. The van der Waals surface area contributed by atoms with Gasteiger partial charge in [-0.3, -0.25) is 4.68 Å². The first kappa shape index (κ1) is 13.2. The van der Waals surface area contributed by atoms with Crippen molar-refractivity contribution in [2.24, 2.45) is 0 Å². The third-order valence-corrected chi connectivity index (χ3v) is 5.68. The lowest BCUT2D eigenvalue weighted by atomic mass is 10.1. The van der Waals surface area contributed by atoms with Crippen LogP contribution in [0.3, 0.4) is 0 Å². The van der Waals surface area contributed by atoms with Gasteiger partial charge in [0.25, 0.3) is 0 Å². The topological polar surface area (TPSA) is 38.0 Å². The van der Waals surface area contributed by atoms with Gasteiger partial charge in [-0.2, -0.15) is 16.9 Å². The van der Waals surface area contributed by atoms with E-state index in [2.05, 4.69) is 18.1 Å². The molecule has 0 fully saturated rings. The Morgan fingerprint density at radius 3 is 3.21 bits per heavy atom. The molecular formula is C14H18N2OS2. The average molecular weight is 294 g/mol. The number of thioether (sulfide) groups is 1. The summed E-state index contributed by atoms with van der Waals surface area (Å²) in [6.45, 7) is 2.99. The Morgan fingerprint density at radius 1 is 1.53 bits per heavy atom. The molecule has 0 aliphatic carbocycles. The molecule has 0 amide bonds. The Balaban J connectivity index is 1.88. The number of rotatable bonds is 4. The van der Waals surface area contributed by atoms with Crippen LogP contribution in [-0.2, 0) is 18.7 Å². The van der Waals surface area contributed by atoms with Crippen LogP contribution in [0.4, 0.5) is 0 Å². The Labute approximate surface area is 121 Å². The highest BCUT2D eigenvalue weighted by Crippen LogP contribution is 2.36. The second-order valence-corrected chi connectivity index (χ2v) is 7.06. The van der Waals surface area contributed by atoms with Crippen LogP contribution < -0.4 is 0 Å². The van der Waals surface area contributed by atoms with Gasteiger partial charge in [-0.1, -0.05) is 6.92 Å². The fourth-order valence-electron chi connectivity index (χ4n) is 2.42. The van der Waals surface area contributed by atoms with E-state index in [-0.39, 0.29) is 0 Å². The second-order valence-electron chi connectivity index (χ2n) is 4.78. The van der Waals surface area contributed by atoms with Crippen molar-refractivity contribution in [3.63, 3.8) is 0 Å². The summed E-state index contributed by atoms with van der Waals surface area (Å²) in [5.74, 6) is 2.30. The van der Waals surface area contributed by atoms with E-state index in [4.69, 9.17) is 0 Å². The van der Waals surface area contributed by atoms with Crippen molar-refractivity contribution in [1.29, 1.82) is 0 Å². The van der Waals surface area contributed by atoms with Crippen LogP contribution in [0.15, 0.2) is 18.3 Å². The Morgan fingerprint density at radius 2 is 2.42 bits per heavy atom. The largest absolute Gasteiger partial charge is 0.381 e. The maximum atomic E-state index is 10.6. The molecule has 0 radical (unpaired) electrons. The highest BCUT2D eigenvalue weighted by atomic mass is 32.2. The predicted molar refractivity (Wildman–Crippen MR) is 80.8 cm³/mol. The van der Waals surface area contributed by atoms with Gasteiger partial charge in [-0.25, -0.2) is 0 Å². The summed E-state index contributed by atoms with van der Waals surface area (Å²) in [6.07, 6.45) is 3.41. The number of aryl methyl sites for hydroxylation is 2. The highest BCUT2D eigenvalue weighted by molar-refractivity contribution is 7.98. The van der Waals surface area contributed by atoms with Gasteiger partial charge in [-0.05, 0) is 36.3 Å². The first-order valence-corrected chi connectivity index (χ1v) is 8.65. The molecule has 0 aromatic carbocycles. The van der Waals surface area contributed by atoms with Crippen LogP contribution in [0, 0.1) is 0 Å². The van der Waals surface area contributed by atoms with Gasteiger partial charge in [0.05, 0.1) is 5.69 Å². The zero-order chi connectivity index (χ0) is 13.2. The highest BCUT2D eigenvalue weighted by Gasteiger charge is 2.21. The number of nitrogens with zero attached hydrogens (tertiary/aromatic N) is 2. The molecule has 3 rings (SSSR count). The minimum Gasteiger partial charge on any atom is -0.381 e. The maximum Gasteiger partial charge on any atom is 0.130 e. The van der Waals surface area contributed by atoms with E-state index in [0.29, 0.717) is 0 Å². The van der Waals surface area contributed by atoms with Crippen LogP contribution in [0.25, 0.3) is 0 Å². The molecule has 2 aromatic rings. The second kappa shape index (κ2) is 5.69. The van der Waals surface area contributed by atoms with E-state index in [9.17, 15) is 5.11 Å². The van der Waals surface area contributed by atoms with E-state index < -0.39 is 6.10 Å². The van der Waals surface area contributed by atoms with Crippen LogP contribution in [0.1, 0.15) is 40.5 Å². The molecule has 1 N–H and O–H groups in total. The zero-order valence-electron chi connectivity index (χ0n) is 11.0. The van der Waals surface area contributed by atoms with Crippen molar-refractivity contribution in [3.8, 4) is 0 Å².